The van der Waals surface area contributed by atoms with Gasteiger partial charge in [-0.2, -0.15) is 0 Å². The largest absolute Gasteiger partial charge is 0.491 e. The van der Waals surface area contributed by atoms with E-state index in [1.807, 2.05) is 25.1 Å². The van der Waals surface area contributed by atoms with E-state index in [-0.39, 0.29) is 18.5 Å². The smallest absolute Gasteiger partial charge is 0.310 e. The highest BCUT2D eigenvalue weighted by molar-refractivity contribution is 5.72. The van der Waals surface area contributed by atoms with E-state index < -0.39 is 6.10 Å². The molecule has 2 atom stereocenters. The van der Waals surface area contributed by atoms with Gasteiger partial charge in [0.25, 0.3) is 0 Å². The second-order valence-corrected chi connectivity index (χ2v) is 7.01. The van der Waals surface area contributed by atoms with Crippen LogP contribution < -0.4 is 4.74 Å². The van der Waals surface area contributed by atoms with E-state index in [9.17, 15) is 9.90 Å². The first kappa shape index (κ1) is 19.7. The van der Waals surface area contributed by atoms with Gasteiger partial charge in [0, 0.05) is 13.1 Å². The van der Waals surface area contributed by atoms with Gasteiger partial charge in [-0.05, 0) is 43.9 Å². The minimum atomic E-state index is -0.582. The molecule has 0 saturated carbocycles. The molecule has 0 aliphatic carbocycles. The van der Waals surface area contributed by atoms with Crippen LogP contribution in [-0.2, 0) is 9.53 Å². The highest BCUT2D eigenvalue weighted by Gasteiger charge is 2.27. The molecule has 0 radical (unpaired) electrons. The quantitative estimate of drug-likeness (QED) is 0.731. The second kappa shape index (κ2) is 9.78. The number of benzene rings is 1. The Balaban J connectivity index is 1.82. The van der Waals surface area contributed by atoms with Gasteiger partial charge in [0.15, 0.2) is 0 Å². The number of ether oxygens (including phenoxy) is 2. The summed E-state index contributed by atoms with van der Waals surface area (Å²) in [5.41, 5.74) is 1.15. The van der Waals surface area contributed by atoms with E-state index >= 15 is 0 Å². The predicted octanol–water partition coefficient (Wildman–Crippen LogP) is 2.82. The van der Waals surface area contributed by atoms with Crippen LogP contribution in [0, 0.1) is 5.92 Å². The molecular weight excluding hydrogens is 318 g/mol. The summed E-state index contributed by atoms with van der Waals surface area (Å²) in [6, 6.07) is 7.95. The van der Waals surface area contributed by atoms with E-state index in [1.165, 1.54) is 0 Å². The lowest BCUT2D eigenvalue weighted by molar-refractivity contribution is -0.150. The van der Waals surface area contributed by atoms with Crippen LogP contribution >= 0.6 is 0 Å². The third-order valence-electron chi connectivity index (χ3n) is 4.57. The maximum absolute atomic E-state index is 11.9. The Morgan fingerprint density at radius 2 is 2.12 bits per heavy atom. The number of carbonyl (C=O) groups is 1. The van der Waals surface area contributed by atoms with Crippen LogP contribution in [0.15, 0.2) is 24.3 Å². The van der Waals surface area contributed by atoms with Crippen LogP contribution in [0.3, 0.4) is 0 Å². The average Bonchev–Trinajstić information content (AvgIpc) is 2.60. The van der Waals surface area contributed by atoms with E-state index in [1.54, 1.807) is 0 Å². The molecule has 1 N–H and O–H groups in total. The third-order valence-corrected chi connectivity index (χ3v) is 4.57. The lowest BCUT2D eigenvalue weighted by Crippen LogP contribution is -2.44. The van der Waals surface area contributed by atoms with Gasteiger partial charge in [0.2, 0.25) is 0 Å². The van der Waals surface area contributed by atoms with Gasteiger partial charge in [-0.1, -0.05) is 32.0 Å². The van der Waals surface area contributed by atoms with Gasteiger partial charge >= 0.3 is 5.97 Å². The minimum Gasteiger partial charge on any atom is -0.491 e. The summed E-state index contributed by atoms with van der Waals surface area (Å²) in [5.74, 6) is 1.01. The zero-order valence-electron chi connectivity index (χ0n) is 15.6. The summed E-state index contributed by atoms with van der Waals surface area (Å²) < 4.78 is 11.0. The van der Waals surface area contributed by atoms with Crippen molar-refractivity contribution in [3.8, 4) is 5.75 Å². The fourth-order valence-electron chi connectivity index (χ4n) is 3.30. The third kappa shape index (κ3) is 6.01. The van der Waals surface area contributed by atoms with Gasteiger partial charge in [-0.15, -0.1) is 0 Å². The van der Waals surface area contributed by atoms with E-state index in [4.69, 9.17) is 9.47 Å². The summed E-state index contributed by atoms with van der Waals surface area (Å²) in [6.07, 6.45) is 1.23. The molecule has 0 bridgehead atoms. The van der Waals surface area contributed by atoms with Crippen LogP contribution in [0.4, 0.5) is 0 Å². The highest BCUT2D eigenvalue weighted by atomic mass is 16.5. The summed E-state index contributed by atoms with van der Waals surface area (Å²) in [5, 5.41) is 10.3. The lowest BCUT2D eigenvalue weighted by atomic mass is 9.98. The van der Waals surface area contributed by atoms with E-state index in [0.717, 1.165) is 30.7 Å². The first-order chi connectivity index (χ1) is 12.0. The van der Waals surface area contributed by atoms with Crippen molar-refractivity contribution in [3.63, 3.8) is 0 Å². The molecule has 1 aromatic rings. The van der Waals surface area contributed by atoms with Crippen molar-refractivity contribution in [1.29, 1.82) is 0 Å². The molecule has 0 unspecified atom stereocenters. The number of nitrogens with zero attached hydrogens (tertiary/aromatic N) is 1. The number of β-amino-alcohol motifs (C(OH)–C–C–N with tert-alkyl or cyclic N) is 1. The van der Waals surface area contributed by atoms with Crippen molar-refractivity contribution >= 4 is 5.97 Å². The Kier molecular flexibility index (Phi) is 7.72. The van der Waals surface area contributed by atoms with E-state index in [2.05, 4.69) is 24.8 Å². The molecule has 1 saturated heterocycles. The Morgan fingerprint density at radius 3 is 2.84 bits per heavy atom. The zero-order valence-corrected chi connectivity index (χ0v) is 15.6. The summed E-state index contributed by atoms with van der Waals surface area (Å²) in [6.45, 7) is 8.82. The Morgan fingerprint density at radius 1 is 1.36 bits per heavy atom. The van der Waals surface area contributed by atoms with Crippen LogP contribution in [0.5, 0.6) is 5.75 Å². The van der Waals surface area contributed by atoms with Crippen molar-refractivity contribution in [2.24, 2.45) is 5.92 Å². The molecule has 1 aromatic carbocycles. The molecule has 5 nitrogen and oxygen atoms in total. The average molecular weight is 349 g/mol. The van der Waals surface area contributed by atoms with Crippen molar-refractivity contribution in [3.05, 3.63) is 29.8 Å². The summed E-state index contributed by atoms with van der Waals surface area (Å²) in [4.78, 5) is 14.0. The van der Waals surface area contributed by atoms with Crippen molar-refractivity contribution in [2.75, 3.05) is 32.8 Å². The van der Waals surface area contributed by atoms with Gasteiger partial charge in [-0.3, -0.25) is 9.69 Å². The maximum atomic E-state index is 11.9. The van der Waals surface area contributed by atoms with Crippen LogP contribution in [-0.4, -0.2) is 54.9 Å². The van der Waals surface area contributed by atoms with Crippen molar-refractivity contribution in [1.82, 2.24) is 4.90 Å². The topological polar surface area (TPSA) is 59.0 Å². The van der Waals surface area contributed by atoms with Gasteiger partial charge in [0.1, 0.15) is 18.5 Å². The van der Waals surface area contributed by atoms with Gasteiger partial charge < -0.3 is 14.6 Å². The number of aliphatic hydroxyl groups is 1. The number of likely N-dealkylation sites (tertiary alicyclic amines) is 1. The highest BCUT2D eigenvalue weighted by Crippen LogP contribution is 2.26. The predicted molar refractivity (Wildman–Crippen MR) is 97.8 cm³/mol. The van der Waals surface area contributed by atoms with Crippen LogP contribution in [0.25, 0.3) is 0 Å². The molecule has 1 aliphatic rings. The number of para-hydroxylation sites is 1. The molecule has 0 aromatic heterocycles. The number of rotatable bonds is 8. The molecule has 1 fully saturated rings. The van der Waals surface area contributed by atoms with Crippen LogP contribution in [0.2, 0.25) is 0 Å². The molecule has 0 spiro atoms. The van der Waals surface area contributed by atoms with Gasteiger partial charge in [-0.25, -0.2) is 0 Å². The number of aliphatic hydroxyl groups excluding tert-OH is 1. The molecular formula is C20H31NO4. The Bertz CT molecular complexity index is 546. The molecule has 1 aliphatic heterocycles. The standard InChI is InChI=1S/C20H31NO4/c1-4-24-20(23)16-8-7-11-21(12-16)13-17(22)14-25-19-10-6-5-9-18(19)15(2)3/h5-6,9-10,15-17,22H,4,7-8,11-14H2,1-3H3/t16-,17-/m0/s1. The zero-order chi connectivity index (χ0) is 18.2. The van der Waals surface area contributed by atoms with Crippen molar-refractivity contribution < 1.29 is 19.4 Å². The fraction of sp³-hybridized carbons (Fsp3) is 0.650. The van der Waals surface area contributed by atoms with Crippen molar-refractivity contribution in [2.45, 2.75) is 45.6 Å². The molecule has 1 heterocycles. The van der Waals surface area contributed by atoms with Gasteiger partial charge in [0.05, 0.1) is 12.5 Å². The number of piperidine rings is 1. The Hall–Kier alpha value is -1.59. The minimum absolute atomic E-state index is 0.0801. The lowest BCUT2D eigenvalue weighted by Gasteiger charge is -2.32. The maximum Gasteiger partial charge on any atom is 0.310 e. The summed E-state index contributed by atoms with van der Waals surface area (Å²) in [7, 11) is 0. The number of esters is 1. The first-order valence-electron chi connectivity index (χ1n) is 9.30. The Labute approximate surface area is 150 Å². The molecule has 140 valence electrons. The van der Waals surface area contributed by atoms with Crippen LogP contribution in [0.1, 0.15) is 45.1 Å². The monoisotopic (exact) mass is 349 g/mol. The normalized spacial score (nSPS) is 19.6. The number of hydrogen-bond donors (Lipinski definition) is 1. The molecule has 5 heteroatoms. The molecule has 0 amide bonds. The number of hydrogen-bond acceptors (Lipinski definition) is 5. The second-order valence-electron chi connectivity index (χ2n) is 7.01. The fourth-order valence-corrected chi connectivity index (χ4v) is 3.30. The van der Waals surface area contributed by atoms with E-state index in [0.29, 0.717) is 25.6 Å². The SMILES string of the molecule is CCOC(=O)[C@H]1CCCN(C[C@H](O)COc2ccccc2C(C)C)C1. The molecule has 2 rings (SSSR count). The molecule has 25 heavy (non-hydrogen) atoms. The first-order valence-corrected chi connectivity index (χ1v) is 9.30. The number of carbonyl (C=O) groups excluding carboxylic acids is 1. The summed E-state index contributed by atoms with van der Waals surface area (Å²) >= 11 is 0.